The zero-order valence-electron chi connectivity index (χ0n) is 13.2. The van der Waals surface area contributed by atoms with Gasteiger partial charge in [-0.1, -0.05) is 34.1 Å². The van der Waals surface area contributed by atoms with Gasteiger partial charge in [-0.3, -0.25) is 4.21 Å². The molecule has 0 aromatic rings. The molecule has 1 aliphatic rings. The van der Waals surface area contributed by atoms with E-state index >= 15 is 0 Å². The van der Waals surface area contributed by atoms with Gasteiger partial charge in [-0.05, 0) is 26.2 Å². The van der Waals surface area contributed by atoms with Gasteiger partial charge >= 0.3 is 0 Å². The molecular weight excluding hydrogens is 274 g/mol. The highest BCUT2D eigenvalue weighted by atomic mass is 32.2. The quantitative estimate of drug-likeness (QED) is 0.813. The fourth-order valence-corrected chi connectivity index (χ4v) is 4.79. The van der Waals surface area contributed by atoms with Crippen LogP contribution in [0.25, 0.3) is 0 Å². The molecule has 0 aromatic heterocycles. The van der Waals surface area contributed by atoms with Gasteiger partial charge in [0.2, 0.25) is 0 Å². The number of thioether (sulfide) groups is 1. The standard InChI is InChI=1S/C15H31NOS2/c1-6-19(17)14-9-7-8-13(10-14)16-12(2)11-18-15(3,4)5/h12-14,16H,6-11H2,1-5H3. The Bertz CT molecular complexity index is 288. The van der Waals surface area contributed by atoms with E-state index in [0.717, 1.165) is 24.3 Å². The summed E-state index contributed by atoms with van der Waals surface area (Å²) in [6, 6.07) is 1.12. The predicted octanol–water partition coefficient (Wildman–Crippen LogP) is 3.58. The molecule has 4 atom stereocenters. The highest BCUT2D eigenvalue weighted by Gasteiger charge is 2.26. The van der Waals surface area contributed by atoms with Crippen LogP contribution >= 0.6 is 11.8 Å². The molecule has 0 heterocycles. The molecule has 1 N–H and O–H groups in total. The molecule has 4 heteroatoms. The number of rotatable bonds is 6. The van der Waals surface area contributed by atoms with E-state index in [0.29, 0.717) is 22.1 Å². The van der Waals surface area contributed by atoms with Crippen molar-refractivity contribution in [2.75, 3.05) is 11.5 Å². The summed E-state index contributed by atoms with van der Waals surface area (Å²) in [6.07, 6.45) is 4.74. The largest absolute Gasteiger partial charge is 0.311 e. The van der Waals surface area contributed by atoms with Gasteiger partial charge in [-0.2, -0.15) is 11.8 Å². The molecule has 1 fully saturated rings. The molecule has 0 aliphatic heterocycles. The van der Waals surface area contributed by atoms with E-state index in [1.165, 1.54) is 12.8 Å². The summed E-state index contributed by atoms with van der Waals surface area (Å²) in [7, 11) is -0.612. The van der Waals surface area contributed by atoms with Crippen LogP contribution in [0, 0.1) is 0 Å². The van der Waals surface area contributed by atoms with Crippen LogP contribution in [0.15, 0.2) is 0 Å². The molecule has 0 spiro atoms. The molecule has 4 unspecified atom stereocenters. The van der Waals surface area contributed by atoms with Crippen LogP contribution in [0.5, 0.6) is 0 Å². The lowest BCUT2D eigenvalue weighted by Gasteiger charge is -2.32. The molecule has 1 rings (SSSR count). The maximum absolute atomic E-state index is 11.9. The highest BCUT2D eigenvalue weighted by molar-refractivity contribution is 8.00. The summed E-state index contributed by atoms with van der Waals surface area (Å²) in [5.74, 6) is 1.97. The smallest absolute Gasteiger partial charge is 0.0362 e. The van der Waals surface area contributed by atoms with Crippen molar-refractivity contribution in [3.63, 3.8) is 0 Å². The Morgan fingerprint density at radius 3 is 2.63 bits per heavy atom. The average molecular weight is 306 g/mol. The molecule has 1 aliphatic carbocycles. The van der Waals surface area contributed by atoms with Crippen molar-refractivity contribution in [2.24, 2.45) is 0 Å². The number of nitrogens with one attached hydrogen (secondary N) is 1. The third kappa shape index (κ3) is 7.14. The lowest BCUT2D eigenvalue weighted by Crippen LogP contribution is -2.43. The highest BCUT2D eigenvalue weighted by Crippen LogP contribution is 2.26. The first-order valence-electron chi connectivity index (χ1n) is 7.59. The normalized spacial score (nSPS) is 28.1. The van der Waals surface area contributed by atoms with Gasteiger partial charge in [0.05, 0.1) is 0 Å². The van der Waals surface area contributed by atoms with Gasteiger partial charge in [0, 0.05) is 44.4 Å². The lowest BCUT2D eigenvalue weighted by molar-refractivity contribution is 0.357. The van der Waals surface area contributed by atoms with Crippen LogP contribution in [-0.2, 0) is 10.8 Å². The molecular formula is C15H31NOS2. The Labute approximate surface area is 126 Å². The predicted molar refractivity (Wildman–Crippen MR) is 89.5 cm³/mol. The second kappa shape index (κ2) is 8.04. The summed E-state index contributed by atoms with van der Waals surface area (Å²) >= 11 is 2.02. The zero-order chi connectivity index (χ0) is 14.5. The maximum Gasteiger partial charge on any atom is 0.0362 e. The van der Waals surface area contributed by atoms with Crippen molar-refractivity contribution in [1.29, 1.82) is 0 Å². The van der Waals surface area contributed by atoms with Crippen molar-refractivity contribution < 1.29 is 4.21 Å². The second-order valence-corrected chi connectivity index (χ2v) is 10.5. The summed E-state index contributed by atoms with van der Waals surface area (Å²) in [4.78, 5) is 0. The summed E-state index contributed by atoms with van der Waals surface area (Å²) < 4.78 is 12.3. The number of hydrogen-bond acceptors (Lipinski definition) is 3. The van der Waals surface area contributed by atoms with E-state index < -0.39 is 10.8 Å². The van der Waals surface area contributed by atoms with E-state index in [1.54, 1.807) is 0 Å². The maximum atomic E-state index is 11.9. The van der Waals surface area contributed by atoms with Crippen LogP contribution < -0.4 is 5.32 Å². The lowest BCUT2D eigenvalue weighted by atomic mass is 9.94. The SMILES string of the molecule is CCS(=O)C1CCCC(NC(C)CSC(C)(C)C)C1. The van der Waals surface area contributed by atoms with E-state index in [-0.39, 0.29) is 0 Å². The third-order valence-electron chi connectivity index (χ3n) is 3.57. The van der Waals surface area contributed by atoms with Crippen LogP contribution in [0.1, 0.15) is 60.3 Å². The van der Waals surface area contributed by atoms with Gasteiger partial charge in [0.15, 0.2) is 0 Å². The minimum Gasteiger partial charge on any atom is -0.311 e. The van der Waals surface area contributed by atoms with Gasteiger partial charge < -0.3 is 5.32 Å². The van der Waals surface area contributed by atoms with E-state index in [1.807, 2.05) is 18.7 Å². The van der Waals surface area contributed by atoms with Gasteiger partial charge in [-0.15, -0.1) is 0 Å². The van der Waals surface area contributed by atoms with Crippen molar-refractivity contribution >= 4 is 22.6 Å². The fraction of sp³-hybridized carbons (Fsp3) is 1.00. The molecule has 114 valence electrons. The van der Waals surface area contributed by atoms with Crippen molar-refractivity contribution in [2.45, 2.75) is 82.4 Å². The second-order valence-electron chi connectivity index (χ2n) is 6.65. The molecule has 0 saturated heterocycles. The molecule has 19 heavy (non-hydrogen) atoms. The monoisotopic (exact) mass is 305 g/mol. The van der Waals surface area contributed by atoms with Crippen molar-refractivity contribution in [1.82, 2.24) is 5.32 Å². The fourth-order valence-electron chi connectivity index (χ4n) is 2.60. The zero-order valence-corrected chi connectivity index (χ0v) is 14.8. The van der Waals surface area contributed by atoms with Crippen LogP contribution in [0.3, 0.4) is 0 Å². The van der Waals surface area contributed by atoms with E-state index in [4.69, 9.17) is 0 Å². The molecule has 0 radical (unpaired) electrons. The Morgan fingerprint density at radius 2 is 2.05 bits per heavy atom. The van der Waals surface area contributed by atoms with Gasteiger partial charge in [0.1, 0.15) is 0 Å². The first kappa shape index (κ1) is 17.5. The topological polar surface area (TPSA) is 29.1 Å². The van der Waals surface area contributed by atoms with E-state index in [2.05, 4.69) is 33.0 Å². The molecule has 0 amide bonds. The van der Waals surface area contributed by atoms with Gasteiger partial charge in [-0.25, -0.2) is 0 Å². The van der Waals surface area contributed by atoms with Crippen LogP contribution in [-0.4, -0.2) is 37.8 Å². The Hall–Kier alpha value is 0.460. The van der Waals surface area contributed by atoms with Crippen molar-refractivity contribution in [3.05, 3.63) is 0 Å². The van der Waals surface area contributed by atoms with Gasteiger partial charge in [0.25, 0.3) is 0 Å². The van der Waals surface area contributed by atoms with Crippen molar-refractivity contribution in [3.8, 4) is 0 Å². The Balaban J connectivity index is 2.33. The third-order valence-corrected chi connectivity index (χ3v) is 6.84. The Kier molecular flexibility index (Phi) is 7.41. The minimum atomic E-state index is -0.612. The first-order valence-corrected chi connectivity index (χ1v) is 9.95. The molecule has 0 aromatic carbocycles. The molecule has 1 saturated carbocycles. The van der Waals surface area contributed by atoms with Crippen LogP contribution in [0.2, 0.25) is 0 Å². The molecule has 0 bridgehead atoms. The van der Waals surface area contributed by atoms with E-state index in [9.17, 15) is 4.21 Å². The van der Waals surface area contributed by atoms with Crippen LogP contribution in [0.4, 0.5) is 0 Å². The summed E-state index contributed by atoms with van der Waals surface area (Å²) in [5, 5.41) is 4.17. The first-order chi connectivity index (χ1) is 8.81. The Morgan fingerprint density at radius 1 is 1.37 bits per heavy atom. The average Bonchev–Trinajstić information content (AvgIpc) is 2.35. The summed E-state index contributed by atoms with van der Waals surface area (Å²) in [5.41, 5.74) is 0. The summed E-state index contributed by atoms with van der Waals surface area (Å²) in [6.45, 7) is 11.1. The molecule has 2 nitrogen and oxygen atoms in total. The minimum absolute atomic E-state index is 0.342. The number of hydrogen-bond donors (Lipinski definition) is 1.